The van der Waals surface area contributed by atoms with Gasteiger partial charge >= 0.3 is 0 Å². The monoisotopic (exact) mass is 489 g/mol. The van der Waals surface area contributed by atoms with Gasteiger partial charge in [-0.3, -0.25) is 0 Å². The normalized spacial score (nSPS) is 11.6. The molecule has 0 unspecified atom stereocenters. The number of hydrogen-bond acceptors (Lipinski definition) is 4. The van der Waals surface area contributed by atoms with E-state index in [2.05, 4.69) is 47.0 Å². The summed E-state index contributed by atoms with van der Waals surface area (Å²) >= 11 is 1.77. The van der Waals surface area contributed by atoms with Crippen molar-refractivity contribution in [1.29, 1.82) is 0 Å². The maximum Gasteiger partial charge on any atom is 0.191 e. The van der Waals surface area contributed by atoms with Crippen molar-refractivity contribution in [2.75, 3.05) is 20.2 Å². The van der Waals surface area contributed by atoms with Gasteiger partial charge in [0.25, 0.3) is 0 Å². The average Bonchev–Trinajstić information content (AvgIpc) is 3.13. The SMILES string of the molecule is CCNC(=NCc1ccc(OC)c(O)c1)NCC(C)(C)c1cccs1.I. The molecule has 2 aromatic rings. The predicted molar refractivity (Wildman–Crippen MR) is 120 cm³/mol. The van der Waals surface area contributed by atoms with Crippen LogP contribution in [0.3, 0.4) is 0 Å². The van der Waals surface area contributed by atoms with Crippen LogP contribution in [0.15, 0.2) is 40.7 Å². The van der Waals surface area contributed by atoms with E-state index in [1.807, 2.05) is 13.0 Å². The zero-order valence-electron chi connectivity index (χ0n) is 15.7. The number of nitrogens with one attached hydrogen (secondary N) is 2. The molecule has 0 aliphatic heterocycles. The highest BCUT2D eigenvalue weighted by atomic mass is 127. The first-order valence-electron chi connectivity index (χ1n) is 8.38. The Balaban J connectivity index is 0.00000338. The molecule has 0 saturated heterocycles. The number of aromatic hydroxyl groups is 1. The van der Waals surface area contributed by atoms with Gasteiger partial charge in [0.05, 0.1) is 13.7 Å². The van der Waals surface area contributed by atoms with Crippen molar-refractivity contribution >= 4 is 41.3 Å². The Morgan fingerprint density at radius 1 is 1.27 bits per heavy atom. The van der Waals surface area contributed by atoms with Gasteiger partial charge in [0.1, 0.15) is 0 Å². The Bertz CT molecular complexity index is 703. The molecule has 26 heavy (non-hydrogen) atoms. The number of methoxy groups -OCH3 is 1. The van der Waals surface area contributed by atoms with Gasteiger partial charge in [-0.15, -0.1) is 35.3 Å². The molecule has 0 atom stereocenters. The maximum atomic E-state index is 9.87. The molecule has 2 rings (SSSR count). The van der Waals surface area contributed by atoms with Crippen LogP contribution in [0.4, 0.5) is 0 Å². The van der Waals surface area contributed by atoms with Crippen LogP contribution < -0.4 is 15.4 Å². The number of phenols is 1. The minimum atomic E-state index is 0. The van der Waals surface area contributed by atoms with Crippen LogP contribution in [0.5, 0.6) is 11.5 Å². The number of rotatable bonds is 7. The van der Waals surface area contributed by atoms with Crippen LogP contribution in [0.2, 0.25) is 0 Å². The first-order chi connectivity index (χ1) is 12.0. The van der Waals surface area contributed by atoms with Gasteiger partial charge in [0.2, 0.25) is 0 Å². The van der Waals surface area contributed by atoms with Gasteiger partial charge in [-0.1, -0.05) is 26.0 Å². The average molecular weight is 489 g/mol. The van der Waals surface area contributed by atoms with E-state index in [0.717, 1.165) is 24.6 Å². The number of thiophene rings is 1. The Labute approximate surface area is 176 Å². The highest BCUT2D eigenvalue weighted by Gasteiger charge is 2.21. The first-order valence-corrected chi connectivity index (χ1v) is 9.26. The lowest BCUT2D eigenvalue weighted by Crippen LogP contribution is -2.43. The summed E-state index contributed by atoms with van der Waals surface area (Å²) in [5, 5.41) is 18.7. The molecule has 0 amide bonds. The largest absolute Gasteiger partial charge is 0.504 e. The summed E-state index contributed by atoms with van der Waals surface area (Å²) in [5.74, 6) is 1.37. The molecule has 3 N–H and O–H groups in total. The third kappa shape index (κ3) is 6.35. The van der Waals surface area contributed by atoms with Crippen molar-refractivity contribution in [1.82, 2.24) is 10.6 Å². The molecule has 0 bridgehead atoms. The van der Waals surface area contributed by atoms with E-state index >= 15 is 0 Å². The van der Waals surface area contributed by atoms with Gasteiger partial charge < -0.3 is 20.5 Å². The summed E-state index contributed by atoms with van der Waals surface area (Å²) in [6.07, 6.45) is 0. The van der Waals surface area contributed by atoms with E-state index in [9.17, 15) is 5.11 Å². The molecule has 1 aromatic heterocycles. The van der Waals surface area contributed by atoms with E-state index in [1.165, 1.54) is 12.0 Å². The van der Waals surface area contributed by atoms with Crippen LogP contribution in [0.25, 0.3) is 0 Å². The number of benzene rings is 1. The predicted octanol–water partition coefficient (Wildman–Crippen LogP) is 4.11. The molecular weight excluding hydrogens is 461 g/mol. The summed E-state index contributed by atoms with van der Waals surface area (Å²) in [6.45, 7) is 8.54. The molecule has 144 valence electrons. The van der Waals surface area contributed by atoms with Gasteiger partial charge in [0.15, 0.2) is 17.5 Å². The van der Waals surface area contributed by atoms with Gasteiger partial charge in [-0.25, -0.2) is 4.99 Å². The Kier molecular flexibility index (Phi) is 9.21. The number of guanidine groups is 1. The van der Waals surface area contributed by atoms with Crippen LogP contribution in [0, 0.1) is 0 Å². The number of hydrogen-bond donors (Lipinski definition) is 3. The van der Waals surface area contributed by atoms with Crippen molar-refractivity contribution in [3.8, 4) is 11.5 Å². The van der Waals surface area contributed by atoms with Gasteiger partial charge in [-0.2, -0.15) is 0 Å². The molecule has 5 nitrogen and oxygen atoms in total. The van der Waals surface area contributed by atoms with E-state index in [-0.39, 0.29) is 35.1 Å². The van der Waals surface area contributed by atoms with Crippen LogP contribution >= 0.6 is 35.3 Å². The quantitative estimate of drug-likeness (QED) is 0.311. The molecule has 1 heterocycles. The topological polar surface area (TPSA) is 65.9 Å². The fourth-order valence-electron chi connectivity index (χ4n) is 2.40. The summed E-state index contributed by atoms with van der Waals surface area (Å²) in [7, 11) is 1.54. The number of halogens is 1. The minimum absolute atomic E-state index is 0. The fourth-order valence-corrected chi connectivity index (χ4v) is 3.25. The molecule has 0 fully saturated rings. The summed E-state index contributed by atoms with van der Waals surface area (Å²) in [5.41, 5.74) is 0.955. The number of aliphatic imine (C=N–C) groups is 1. The van der Waals surface area contributed by atoms with Crippen molar-refractivity contribution in [3.63, 3.8) is 0 Å². The van der Waals surface area contributed by atoms with E-state index in [0.29, 0.717) is 12.3 Å². The standard InChI is InChI=1S/C19H27N3O2S.HI/c1-5-20-18(22-13-19(2,3)17-7-6-10-25-17)21-12-14-8-9-16(24-4)15(23)11-14;/h6-11,23H,5,12-13H2,1-4H3,(H2,20,21,22);1H. The number of nitrogens with zero attached hydrogens (tertiary/aromatic N) is 1. The summed E-state index contributed by atoms with van der Waals surface area (Å²) in [6, 6.07) is 9.58. The number of phenolic OH excluding ortho intramolecular Hbond substituents is 1. The molecule has 7 heteroatoms. The third-order valence-corrected chi connectivity index (χ3v) is 5.13. The minimum Gasteiger partial charge on any atom is -0.504 e. The molecule has 0 aliphatic carbocycles. The second kappa shape index (κ2) is 10.6. The zero-order valence-corrected chi connectivity index (χ0v) is 18.9. The van der Waals surface area contributed by atoms with Gasteiger partial charge in [0, 0.05) is 23.4 Å². The summed E-state index contributed by atoms with van der Waals surface area (Å²) in [4.78, 5) is 5.95. The Morgan fingerprint density at radius 3 is 2.62 bits per heavy atom. The van der Waals surface area contributed by atoms with Crippen LogP contribution in [-0.2, 0) is 12.0 Å². The summed E-state index contributed by atoms with van der Waals surface area (Å²) < 4.78 is 5.07. The Morgan fingerprint density at radius 2 is 2.04 bits per heavy atom. The van der Waals surface area contributed by atoms with Crippen molar-refractivity contribution in [2.24, 2.45) is 4.99 Å². The van der Waals surface area contributed by atoms with E-state index in [4.69, 9.17) is 4.74 Å². The number of ether oxygens (including phenoxy) is 1. The van der Waals surface area contributed by atoms with E-state index < -0.39 is 0 Å². The molecule has 0 aliphatic rings. The lowest BCUT2D eigenvalue weighted by Gasteiger charge is -2.25. The maximum absolute atomic E-state index is 9.87. The zero-order chi connectivity index (χ0) is 18.3. The van der Waals surface area contributed by atoms with Crippen molar-refractivity contribution < 1.29 is 9.84 Å². The molecule has 0 radical (unpaired) electrons. The van der Waals surface area contributed by atoms with Crippen molar-refractivity contribution in [3.05, 3.63) is 46.2 Å². The van der Waals surface area contributed by atoms with Crippen molar-refractivity contribution in [2.45, 2.75) is 32.7 Å². The molecule has 0 spiro atoms. The molecular formula is C19H28IN3O2S. The second-order valence-corrected chi connectivity index (χ2v) is 7.36. The first kappa shape index (κ1) is 22.6. The third-order valence-electron chi connectivity index (χ3n) is 3.89. The highest BCUT2D eigenvalue weighted by Crippen LogP contribution is 2.27. The van der Waals surface area contributed by atoms with Gasteiger partial charge in [-0.05, 0) is 36.1 Å². The molecule has 0 saturated carbocycles. The lowest BCUT2D eigenvalue weighted by molar-refractivity contribution is 0.373. The smallest absolute Gasteiger partial charge is 0.191 e. The van der Waals surface area contributed by atoms with Crippen LogP contribution in [-0.4, -0.2) is 31.3 Å². The Hall–Kier alpha value is -1.48. The highest BCUT2D eigenvalue weighted by molar-refractivity contribution is 14.0. The second-order valence-electron chi connectivity index (χ2n) is 6.42. The van der Waals surface area contributed by atoms with Crippen LogP contribution in [0.1, 0.15) is 31.2 Å². The molecule has 1 aromatic carbocycles. The van der Waals surface area contributed by atoms with E-state index in [1.54, 1.807) is 23.5 Å². The fraction of sp³-hybridized carbons (Fsp3) is 0.421. The lowest BCUT2D eigenvalue weighted by atomic mass is 9.91.